The maximum absolute atomic E-state index is 13.1. The highest BCUT2D eigenvalue weighted by Gasteiger charge is 2.19. The van der Waals surface area contributed by atoms with Crippen LogP contribution in [0.5, 0.6) is 11.5 Å². The van der Waals surface area contributed by atoms with Crippen molar-refractivity contribution in [3.8, 4) is 27.8 Å². The average Bonchev–Trinajstić information content (AvgIpc) is 3.54. The van der Waals surface area contributed by atoms with Gasteiger partial charge in [0.25, 0.3) is 11.6 Å². The number of aromatic nitrogens is 2. The van der Waals surface area contributed by atoms with Crippen molar-refractivity contribution >= 4 is 22.9 Å². The van der Waals surface area contributed by atoms with E-state index in [4.69, 9.17) is 9.47 Å². The van der Waals surface area contributed by atoms with Crippen molar-refractivity contribution in [2.75, 3.05) is 20.8 Å². The van der Waals surface area contributed by atoms with Crippen molar-refractivity contribution in [3.63, 3.8) is 0 Å². The zero-order valence-corrected chi connectivity index (χ0v) is 19.4. The van der Waals surface area contributed by atoms with Gasteiger partial charge in [-0.1, -0.05) is 18.2 Å². The normalized spacial score (nSPS) is 10.6. The number of thiophene rings is 1. The maximum atomic E-state index is 13.1. The molecule has 1 amide bonds. The molecule has 0 aliphatic rings. The largest absolute Gasteiger partial charge is 0.493 e. The summed E-state index contributed by atoms with van der Waals surface area (Å²) < 4.78 is 12.0. The lowest BCUT2D eigenvalue weighted by Gasteiger charge is -2.11. The molecule has 2 aromatic carbocycles. The van der Waals surface area contributed by atoms with Gasteiger partial charge >= 0.3 is 0 Å². The molecule has 0 unspecified atom stereocenters. The molecule has 0 aliphatic heterocycles. The minimum atomic E-state index is -0.476. The zero-order valence-electron chi connectivity index (χ0n) is 18.6. The zero-order chi connectivity index (χ0) is 24.1. The number of methoxy groups -OCH3 is 2. The number of carbonyl (C=O) groups excluding carboxylic acids is 1. The molecule has 4 aromatic rings. The second-order valence-electron chi connectivity index (χ2n) is 7.28. The summed E-state index contributed by atoms with van der Waals surface area (Å²) >= 11 is 1.50. The van der Waals surface area contributed by atoms with Crippen LogP contribution >= 0.6 is 11.3 Å². The molecular weight excluding hydrogens is 456 g/mol. The Kier molecular flexibility index (Phi) is 6.88. The Morgan fingerprint density at radius 2 is 1.91 bits per heavy atom. The van der Waals surface area contributed by atoms with Gasteiger partial charge in [-0.25, -0.2) is 4.68 Å². The lowest BCUT2D eigenvalue weighted by molar-refractivity contribution is -0.384. The van der Waals surface area contributed by atoms with Crippen LogP contribution in [0, 0.1) is 10.1 Å². The molecule has 10 heteroatoms. The summed E-state index contributed by atoms with van der Waals surface area (Å²) in [6, 6.07) is 17.1. The lowest BCUT2D eigenvalue weighted by atomic mass is 10.1. The van der Waals surface area contributed by atoms with Crippen molar-refractivity contribution in [1.82, 2.24) is 15.1 Å². The van der Waals surface area contributed by atoms with Crippen molar-refractivity contribution in [2.24, 2.45) is 0 Å². The second kappa shape index (κ2) is 10.2. The smallest absolute Gasteiger partial charge is 0.271 e. The van der Waals surface area contributed by atoms with Crippen LogP contribution < -0.4 is 14.8 Å². The van der Waals surface area contributed by atoms with Crippen LogP contribution in [0.25, 0.3) is 16.3 Å². The molecule has 1 N–H and O–H groups in total. The first-order valence-corrected chi connectivity index (χ1v) is 11.3. The Hall–Kier alpha value is -4.18. The number of carbonyl (C=O) groups is 1. The fourth-order valence-electron chi connectivity index (χ4n) is 3.47. The third-order valence-electron chi connectivity index (χ3n) is 5.15. The number of nitro groups is 1. The number of ether oxygens (including phenoxy) is 2. The Bertz CT molecular complexity index is 1320. The number of nitrogens with zero attached hydrogens (tertiary/aromatic N) is 3. The van der Waals surface area contributed by atoms with Crippen LogP contribution in [0.2, 0.25) is 0 Å². The molecule has 0 aliphatic carbocycles. The van der Waals surface area contributed by atoms with Gasteiger partial charge in [0, 0.05) is 18.7 Å². The summed E-state index contributed by atoms with van der Waals surface area (Å²) in [6.07, 6.45) is 0.578. The Morgan fingerprint density at radius 1 is 1.09 bits per heavy atom. The Labute approximate surface area is 199 Å². The monoisotopic (exact) mass is 478 g/mol. The van der Waals surface area contributed by atoms with E-state index in [0.717, 1.165) is 10.4 Å². The quantitative estimate of drug-likeness (QED) is 0.280. The van der Waals surface area contributed by atoms with E-state index >= 15 is 0 Å². The van der Waals surface area contributed by atoms with Gasteiger partial charge < -0.3 is 14.8 Å². The molecule has 34 heavy (non-hydrogen) atoms. The van der Waals surface area contributed by atoms with E-state index in [2.05, 4.69) is 10.4 Å². The number of benzene rings is 2. The first-order chi connectivity index (χ1) is 16.5. The van der Waals surface area contributed by atoms with Crippen LogP contribution in [-0.4, -0.2) is 41.4 Å². The molecule has 0 fully saturated rings. The maximum Gasteiger partial charge on any atom is 0.271 e. The van der Waals surface area contributed by atoms with Crippen molar-refractivity contribution in [2.45, 2.75) is 6.42 Å². The number of nitro benzene ring substituents is 1. The molecule has 174 valence electrons. The van der Waals surface area contributed by atoms with E-state index in [9.17, 15) is 14.9 Å². The van der Waals surface area contributed by atoms with E-state index in [1.54, 1.807) is 32.4 Å². The van der Waals surface area contributed by atoms with Gasteiger partial charge in [0.15, 0.2) is 11.5 Å². The van der Waals surface area contributed by atoms with Gasteiger partial charge in [0.2, 0.25) is 0 Å². The van der Waals surface area contributed by atoms with Gasteiger partial charge in [0.05, 0.1) is 29.7 Å². The van der Waals surface area contributed by atoms with Gasteiger partial charge in [-0.2, -0.15) is 5.10 Å². The fraction of sp³-hybridized carbons (Fsp3) is 0.167. The highest BCUT2D eigenvalue weighted by atomic mass is 32.1. The first kappa shape index (κ1) is 23.0. The van der Waals surface area contributed by atoms with Crippen LogP contribution in [0.3, 0.4) is 0 Å². The summed E-state index contributed by atoms with van der Waals surface area (Å²) in [7, 11) is 3.15. The average molecular weight is 479 g/mol. The molecular formula is C24H22N4O5S. The fourth-order valence-corrected chi connectivity index (χ4v) is 4.15. The predicted octanol–water partition coefficient (Wildman–Crippen LogP) is 4.50. The molecule has 9 nitrogen and oxygen atoms in total. The van der Waals surface area contributed by atoms with Gasteiger partial charge in [-0.3, -0.25) is 14.9 Å². The van der Waals surface area contributed by atoms with E-state index in [1.165, 1.54) is 28.2 Å². The third-order valence-corrected chi connectivity index (χ3v) is 6.04. The van der Waals surface area contributed by atoms with Crippen LogP contribution in [-0.2, 0) is 6.42 Å². The Morgan fingerprint density at radius 3 is 2.62 bits per heavy atom. The standard InChI is InChI=1S/C24H22N4O5S/c1-32-21-9-8-16(13-22(21)33-2)10-11-25-24(29)20-15-19(23-7-4-12-34-23)26-27(20)17-5-3-6-18(14-17)28(30)31/h3-9,12-15H,10-11H2,1-2H3,(H,25,29). The number of hydrogen-bond donors (Lipinski definition) is 1. The molecule has 2 aromatic heterocycles. The molecule has 0 saturated heterocycles. The summed E-state index contributed by atoms with van der Waals surface area (Å²) in [5, 5.41) is 20.6. The minimum absolute atomic E-state index is 0.0783. The number of amides is 1. The summed E-state index contributed by atoms with van der Waals surface area (Å²) in [5.74, 6) is 0.926. The van der Waals surface area contributed by atoms with E-state index in [-0.39, 0.29) is 17.3 Å². The Balaban J connectivity index is 1.57. The van der Waals surface area contributed by atoms with Crippen molar-refractivity contribution < 1.29 is 19.2 Å². The molecule has 0 spiro atoms. The second-order valence-corrected chi connectivity index (χ2v) is 8.22. The van der Waals surface area contributed by atoms with Crippen LogP contribution in [0.15, 0.2) is 66.0 Å². The molecule has 4 rings (SSSR count). The highest BCUT2D eigenvalue weighted by molar-refractivity contribution is 7.13. The number of rotatable bonds is 9. The molecule has 0 bridgehead atoms. The topological polar surface area (TPSA) is 109 Å². The van der Waals surface area contributed by atoms with Gasteiger partial charge in [-0.15, -0.1) is 11.3 Å². The number of hydrogen-bond acceptors (Lipinski definition) is 7. The summed E-state index contributed by atoms with van der Waals surface area (Å²) in [5.41, 5.74) is 2.24. The third kappa shape index (κ3) is 4.91. The van der Waals surface area contributed by atoms with Crippen molar-refractivity contribution in [1.29, 1.82) is 0 Å². The van der Waals surface area contributed by atoms with E-state index in [0.29, 0.717) is 35.8 Å². The molecule has 2 heterocycles. The van der Waals surface area contributed by atoms with Crippen molar-refractivity contribution in [3.05, 3.63) is 87.4 Å². The lowest BCUT2D eigenvalue weighted by Crippen LogP contribution is -2.27. The SMILES string of the molecule is COc1ccc(CCNC(=O)c2cc(-c3cccs3)nn2-c2cccc([N+](=O)[O-])c2)cc1OC. The van der Waals surface area contributed by atoms with Crippen LogP contribution in [0.1, 0.15) is 16.1 Å². The minimum Gasteiger partial charge on any atom is -0.493 e. The summed E-state index contributed by atoms with van der Waals surface area (Å²) in [6.45, 7) is 0.378. The highest BCUT2D eigenvalue weighted by Crippen LogP contribution is 2.28. The molecule has 0 saturated carbocycles. The number of nitrogens with one attached hydrogen (secondary N) is 1. The number of non-ortho nitro benzene ring substituents is 1. The predicted molar refractivity (Wildman–Crippen MR) is 129 cm³/mol. The molecule has 0 atom stereocenters. The van der Waals surface area contributed by atoms with Crippen LogP contribution in [0.4, 0.5) is 5.69 Å². The summed E-state index contributed by atoms with van der Waals surface area (Å²) in [4.78, 5) is 24.8. The van der Waals surface area contributed by atoms with E-state index < -0.39 is 4.92 Å². The molecule has 0 radical (unpaired) electrons. The van der Waals surface area contributed by atoms with Gasteiger partial charge in [-0.05, 0) is 47.7 Å². The first-order valence-electron chi connectivity index (χ1n) is 10.4. The van der Waals surface area contributed by atoms with E-state index in [1.807, 2.05) is 35.7 Å². The van der Waals surface area contributed by atoms with Gasteiger partial charge in [0.1, 0.15) is 11.4 Å².